The number of aromatic nitrogens is 3. The van der Waals surface area contributed by atoms with Crippen LogP contribution in [0.1, 0.15) is 16.1 Å². The molecule has 10 heteroatoms. The van der Waals surface area contributed by atoms with Crippen LogP contribution in [-0.4, -0.2) is 26.9 Å². The lowest BCUT2D eigenvalue weighted by molar-refractivity contribution is -0.274. The number of carbonyl (C=O) groups excluding carboxylic acids is 1. The molecule has 4 rings (SSSR count). The fraction of sp³-hybridized carbons (Fsp3) is 0.105. The highest BCUT2D eigenvalue weighted by atomic mass is 32.1. The van der Waals surface area contributed by atoms with E-state index in [0.29, 0.717) is 10.5 Å². The summed E-state index contributed by atoms with van der Waals surface area (Å²) in [4.78, 5) is 16.7. The average molecular weight is 418 g/mol. The van der Waals surface area contributed by atoms with Gasteiger partial charge in [-0.3, -0.25) is 9.89 Å². The van der Waals surface area contributed by atoms with E-state index in [2.05, 4.69) is 20.1 Å². The standard InChI is InChI=1S/C19H13F3N4O2S/c20-19(21,22)28-16-8-4-2-6-13(16)17(27)23-10-11-9-15-12-5-1-3-7-14(12)24-18(29)26(15)25-11/h1-9,25H,10H2,(H,23,27). The highest BCUT2D eigenvalue weighted by Gasteiger charge is 2.32. The summed E-state index contributed by atoms with van der Waals surface area (Å²) in [6, 6.07) is 14.4. The van der Waals surface area contributed by atoms with Crippen LogP contribution in [0.3, 0.4) is 0 Å². The van der Waals surface area contributed by atoms with E-state index in [0.717, 1.165) is 22.5 Å². The van der Waals surface area contributed by atoms with E-state index < -0.39 is 18.0 Å². The van der Waals surface area contributed by atoms with Gasteiger partial charge in [0.1, 0.15) is 5.75 Å². The van der Waals surface area contributed by atoms with Gasteiger partial charge in [-0.25, -0.2) is 9.50 Å². The molecule has 0 aliphatic carbocycles. The molecule has 2 aromatic heterocycles. The molecule has 6 nitrogen and oxygen atoms in total. The third kappa shape index (κ3) is 3.92. The molecular weight excluding hydrogens is 405 g/mol. The van der Waals surface area contributed by atoms with Gasteiger partial charge in [0.05, 0.1) is 28.8 Å². The van der Waals surface area contributed by atoms with E-state index in [1.165, 1.54) is 18.2 Å². The quantitative estimate of drug-likeness (QED) is 0.483. The third-order valence-corrected chi connectivity index (χ3v) is 4.47. The van der Waals surface area contributed by atoms with Crippen molar-refractivity contribution in [3.05, 3.63) is 70.6 Å². The smallest absolute Gasteiger partial charge is 0.405 e. The number of nitrogens with one attached hydrogen (secondary N) is 2. The summed E-state index contributed by atoms with van der Waals surface area (Å²) < 4.78 is 43.5. The number of carbonyl (C=O) groups is 1. The highest BCUT2D eigenvalue weighted by molar-refractivity contribution is 7.71. The molecule has 4 aromatic rings. The number of H-pyrrole nitrogens is 1. The van der Waals surface area contributed by atoms with Gasteiger partial charge in [-0.2, -0.15) is 0 Å². The number of fused-ring (bicyclic) bond motifs is 3. The maximum Gasteiger partial charge on any atom is 0.573 e. The number of halogens is 3. The Morgan fingerprint density at radius 3 is 2.69 bits per heavy atom. The number of aromatic amines is 1. The van der Waals surface area contributed by atoms with Gasteiger partial charge in [-0.1, -0.05) is 30.3 Å². The van der Waals surface area contributed by atoms with Gasteiger partial charge in [0.2, 0.25) is 4.77 Å². The maximum absolute atomic E-state index is 12.5. The predicted molar refractivity (Wildman–Crippen MR) is 102 cm³/mol. The topological polar surface area (TPSA) is 71.4 Å². The van der Waals surface area contributed by atoms with Gasteiger partial charge < -0.3 is 10.1 Å². The van der Waals surface area contributed by atoms with E-state index in [4.69, 9.17) is 12.2 Å². The Kier molecular flexibility index (Phi) is 4.71. The van der Waals surface area contributed by atoms with Crippen molar-refractivity contribution in [3.8, 4) is 5.75 Å². The Morgan fingerprint density at radius 1 is 1.17 bits per heavy atom. The van der Waals surface area contributed by atoms with Crippen LogP contribution in [0, 0.1) is 4.77 Å². The second-order valence-corrected chi connectivity index (χ2v) is 6.51. The lowest BCUT2D eigenvalue weighted by Crippen LogP contribution is -2.25. The Labute approximate surface area is 166 Å². The Balaban J connectivity index is 1.59. The maximum atomic E-state index is 12.5. The first-order valence-electron chi connectivity index (χ1n) is 8.44. The minimum atomic E-state index is -4.89. The highest BCUT2D eigenvalue weighted by Crippen LogP contribution is 2.26. The van der Waals surface area contributed by atoms with E-state index in [1.807, 2.05) is 24.3 Å². The SMILES string of the molecule is O=C(NCc1cc2c3ccccc3nc(=S)n2[nH]1)c1ccccc1OC(F)(F)F. The number of nitrogens with zero attached hydrogens (tertiary/aromatic N) is 2. The second kappa shape index (κ2) is 7.21. The average Bonchev–Trinajstić information content (AvgIpc) is 3.11. The van der Waals surface area contributed by atoms with E-state index in [9.17, 15) is 18.0 Å². The molecule has 0 fully saturated rings. The first-order chi connectivity index (χ1) is 13.8. The van der Waals surface area contributed by atoms with Gasteiger partial charge in [-0.05, 0) is 36.5 Å². The van der Waals surface area contributed by atoms with Gasteiger partial charge >= 0.3 is 6.36 Å². The molecule has 0 bridgehead atoms. The van der Waals surface area contributed by atoms with Crippen molar-refractivity contribution >= 4 is 34.5 Å². The normalized spacial score (nSPS) is 11.7. The number of rotatable bonds is 4. The van der Waals surface area contributed by atoms with Crippen molar-refractivity contribution in [1.29, 1.82) is 0 Å². The summed E-state index contributed by atoms with van der Waals surface area (Å²) in [7, 11) is 0. The van der Waals surface area contributed by atoms with Crippen LogP contribution in [-0.2, 0) is 6.54 Å². The molecule has 2 N–H and O–H groups in total. The molecule has 1 amide bonds. The summed E-state index contributed by atoms with van der Waals surface area (Å²) in [6.45, 7) is 0.0456. The number of hydrogen-bond donors (Lipinski definition) is 2. The number of amides is 1. The molecule has 0 atom stereocenters. The van der Waals surface area contributed by atoms with Gasteiger partial charge in [0.15, 0.2) is 0 Å². The summed E-state index contributed by atoms with van der Waals surface area (Å²) in [5, 5.41) is 6.50. The lowest BCUT2D eigenvalue weighted by Gasteiger charge is -2.12. The van der Waals surface area contributed by atoms with Gasteiger partial charge in [-0.15, -0.1) is 13.2 Å². The molecule has 2 heterocycles. The lowest BCUT2D eigenvalue weighted by atomic mass is 10.2. The number of benzene rings is 2. The third-order valence-electron chi connectivity index (χ3n) is 4.19. The van der Waals surface area contributed by atoms with Crippen LogP contribution in [0.25, 0.3) is 16.4 Å². The largest absolute Gasteiger partial charge is 0.573 e. The predicted octanol–water partition coefficient (Wildman–Crippen LogP) is 4.37. The number of hydrogen-bond acceptors (Lipinski definition) is 4. The van der Waals surface area contributed by atoms with Crippen molar-refractivity contribution < 1.29 is 22.7 Å². The van der Waals surface area contributed by atoms with E-state index >= 15 is 0 Å². The summed E-state index contributed by atoms with van der Waals surface area (Å²) in [5.74, 6) is -1.26. The van der Waals surface area contributed by atoms with Gasteiger partial charge in [0, 0.05) is 5.39 Å². The molecule has 29 heavy (non-hydrogen) atoms. The van der Waals surface area contributed by atoms with Crippen molar-refractivity contribution in [2.45, 2.75) is 12.9 Å². The molecule has 148 valence electrons. The molecule has 0 aliphatic heterocycles. The first-order valence-corrected chi connectivity index (χ1v) is 8.85. The molecular formula is C19H13F3N4O2S. The molecule has 0 radical (unpaired) electrons. The van der Waals surface area contributed by atoms with E-state index in [-0.39, 0.29) is 12.1 Å². The van der Waals surface area contributed by atoms with Crippen LogP contribution in [0.4, 0.5) is 13.2 Å². The number of ether oxygens (including phenoxy) is 1. The van der Waals surface area contributed by atoms with Crippen LogP contribution >= 0.6 is 12.2 Å². The molecule has 0 saturated heterocycles. The number of para-hydroxylation sites is 2. The summed E-state index contributed by atoms with van der Waals surface area (Å²) in [6.07, 6.45) is -4.89. The Hall–Kier alpha value is -3.40. The Bertz CT molecular complexity index is 1280. The fourth-order valence-electron chi connectivity index (χ4n) is 2.98. The number of alkyl halides is 3. The van der Waals surface area contributed by atoms with Crippen LogP contribution in [0.5, 0.6) is 5.75 Å². The van der Waals surface area contributed by atoms with Crippen LogP contribution in [0.15, 0.2) is 54.6 Å². The molecule has 0 spiro atoms. The van der Waals surface area contributed by atoms with Crippen molar-refractivity contribution in [2.75, 3.05) is 0 Å². The molecule has 0 aliphatic rings. The molecule has 0 unspecified atom stereocenters. The monoisotopic (exact) mass is 418 g/mol. The summed E-state index contributed by atoms with van der Waals surface area (Å²) in [5.41, 5.74) is 1.91. The fourth-order valence-corrected chi connectivity index (χ4v) is 3.23. The van der Waals surface area contributed by atoms with Crippen LogP contribution < -0.4 is 10.1 Å². The minimum Gasteiger partial charge on any atom is -0.405 e. The van der Waals surface area contributed by atoms with E-state index in [1.54, 1.807) is 10.6 Å². The van der Waals surface area contributed by atoms with Crippen LogP contribution in [0.2, 0.25) is 0 Å². The summed E-state index contributed by atoms with van der Waals surface area (Å²) >= 11 is 5.28. The van der Waals surface area contributed by atoms with Crippen molar-refractivity contribution in [3.63, 3.8) is 0 Å². The molecule has 0 saturated carbocycles. The zero-order valence-electron chi connectivity index (χ0n) is 14.7. The zero-order chi connectivity index (χ0) is 20.6. The zero-order valence-corrected chi connectivity index (χ0v) is 15.5. The van der Waals surface area contributed by atoms with Crippen molar-refractivity contribution in [1.82, 2.24) is 19.9 Å². The first kappa shape index (κ1) is 18.9. The minimum absolute atomic E-state index is 0.0456. The second-order valence-electron chi connectivity index (χ2n) is 6.14. The Morgan fingerprint density at radius 2 is 1.90 bits per heavy atom. The van der Waals surface area contributed by atoms with Crippen molar-refractivity contribution in [2.24, 2.45) is 0 Å². The molecule has 2 aromatic carbocycles. The van der Waals surface area contributed by atoms with Gasteiger partial charge in [0.25, 0.3) is 5.91 Å².